The number of likely N-dealkylation sites (tertiary alicyclic amines) is 1. The zero-order valence-corrected chi connectivity index (χ0v) is 21.2. The van der Waals surface area contributed by atoms with Crippen LogP contribution in [0, 0.1) is 12.8 Å². The largest absolute Gasteiger partial charge is 0.508 e. The number of thioether (sulfide) groups is 1. The van der Waals surface area contributed by atoms with Crippen molar-refractivity contribution in [2.45, 2.75) is 82.9 Å². The first-order chi connectivity index (χ1) is 15.5. The van der Waals surface area contributed by atoms with E-state index in [0.29, 0.717) is 35.3 Å². The minimum absolute atomic E-state index is 0.00752. The van der Waals surface area contributed by atoms with Crippen LogP contribution in [-0.2, 0) is 4.79 Å². The van der Waals surface area contributed by atoms with E-state index in [0.717, 1.165) is 25.1 Å². The first kappa shape index (κ1) is 25.8. The highest BCUT2D eigenvalue weighted by atomic mass is 32.2. The Labute approximate surface area is 201 Å². The van der Waals surface area contributed by atoms with Crippen LogP contribution < -0.4 is 10.6 Å². The molecule has 1 aromatic rings. The molecule has 1 aromatic carbocycles. The molecule has 3 unspecified atom stereocenters. The van der Waals surface area contributed by atoms with Crippen LogP contribution in [0.15, 0.2) is 18.2 Å². The number of amides is 2. The van der Waals surface area contributed by atoms with Gasteiger partial charge in [0, 0.05) is 35.0 Å². The number of aliphatic hydroxyl groups is 1. The number of piperidine rings is 1. The molecule has 0 bridgehead atoms. The Morgan fingerprint density at radius 3 is 2.70 bits per heavy atom. The number of carbonyl (C=O) groups excluding carboxylic acids is 2. The second-order valence-electron chi connectivity index (χ2n) is 10.4. The van der Waals surface area contributed by atoms with Crippen LogP contribution >= 0.6 is 11.8 Å². The van der Waals surface area contributed by atoms with Gasteiger partial charge in [-0.25, -0.2) is 0 Å². The monoisotopic (exact) mass is 477 g/mol. The van der Waals surface area contributed by atoms with E-state index in [1.807, 2.05) is 39.5 Å². The number of carbonyl (C=O) groups is 2. The number of hydrogen-bond donors (Lipinski definition) is 4. The number of phenolic OH excluding ortho intramolecular Hbond substituents is 1. The number of β-amino-alcohol motifs (C(OH)–C–C–N with tert-alkyl or cyclic N) is 1. The Morgan fingerprint density at radius 2 is 2.03 bits per heavy atom. The summed E-state index contributed by atoms with van der Waals surface area (Å²) in [5.74, 6) is 1.41. The third-order valence-corrected chi connectivity index (χ3v) is 8.18. The minimum atomic E-state index is -0.813. The maximum atomic E-state index is 13.1. The van der Waals surface area contributed by atoms with Crippen molar-refractivity contribution in [3.8, 4) is 5.75 Å². The van der Waals surface area contributed by atoms with Crippen LogP contribution in [-0.4, -0.2) is 74.7 Å². The van der Waals surface area contributed by atoms with E-state index in [2.05, 4.69) is 15.5 Å². The zero-order chi connectivity index (χ0) is 24.3. The summed E-state index contributed by atoms with van der Waals surface area (Å²) in [6.45, 7) is 10.7. The van der Waals surface area contributed by atoms with Gasteiger partial charge in [0.05, 0.1) is 18.2 Å². The van der Waals surface area contributed by atoms with E-state index in [4.69, 9.17) is 0 Å². The third kappa shape index (κ3) is 6.43. The SMILES string of the molecule is CCC(NC(=O)c1cccc(O)c1C)C(O)CN1C[C@H]2CCSC2C[C@H]1C(=O)NC(C)(C)C. The number of fused-ring (bicyclic) bond motifs is 1. The third-order valence-electron chi connectivity index (χ3n) is 6.70. The first-order valence-corrected chi connectivity index (χ1v) is 13.0. The molecule has 2 amide bonds. The smallest absolute Gasteiger partial charge is 0.251 e. The van der Waals surface area contributed by atoms with Crippen molar-refractivity contribution in [2.24, 2.45) is 5.92 Å². The molecule has 7 nitrogen and oxygen atoms in total. The fourth-order valence-electron chi connectivity index (χ4n) is 4.84. The van der Waals surface area contributed by atoms with Gasteiger partial charge in [-0.15, -0.1) is 0 Å². The Kier molecular flexibility index (Phi) is 8.35. The molecule has 3 rings (SSSR count). The predicted molar refractivity (Wildman–Crippen MR) is 133 cm³/mol. The van der Waals surface area contributed by atoms with Gasteiger partial charge in [-0.1, -0.05) is 13.0 Å². The number of phenols is 1. The lowest BCUT2D eigenvalue weighted by Crippen LogP contribution is -2.60. The van der Waals surface area contributed by atoms with Gasteiger partial charge in [0.2, 0.25) is 5.91 Å². The Morgan fingerprint density at radius 1 is 1.30 bits per heavy atom. The number of nitrogens with one attached hydrogen (secondary N) is 2. The summed E-state index contributed by atoms with van der Waals surface area (Å²) < 4.78 is 0. The van der Waals surface area contributed by atoms with Crippen LogP contribution in [0.5, 0.6) is 5.75 Å². The molecule has 2 fully saturated rings. The second kappa shape index (κ2) is 10.7. The zero-order valence-electron chi connectivity index (χ0n) is 20.4. The molecule has 184 valence electrons. The molecule has 8 heteroatoms. The van der Waals surface area contributed by atoms with Crippen LogP contribution in [0.4, 0.5) is 0 Å². The van der Waals surface area contributed by atoms with Gasteiger partial charge in [-0.3, -0.25) is 14.5 Å². The van der Waals surface area contributed by atoms with Gasteiger partial charge < -0.3 is 20.8 Å². The Balaban J connectivity index is 1.71. The van der Waals surface area contributed by atoms with E-state index < -0.39 is 12.1 Å². The predicted octanol–water partition coefficient (Wildman–Crippen LogP) is 2.68. The summed E-state index contributed by atoms with van der Waals surface area (Å²) in [4.78, 5) is 28.1. The summed E-state index contributed by atoms with van der Waals surface area (Å²) >= 11 is 1.96. The van der Waals surface area contributed by atoms with Crippen molar-refractivity contribution in [1.29, 1.82) is 0 Å². The lowest BCUT2D eigenvalue weighted by molar-refractivity contribution is -0.130. The molecular weight excluding hydrogens is 438 g/mol. The van der Waals surface area contributed by atoms with E-state index >= 15 is 0 Å². The highest BCUT2D eigenvalue weighted by molar-refractivity contribution is 8.00. The van der Waals surface area contributed by atoms with Crippen molar-refractivity contribution < 1.29 is 19.8 Å². The van der Waals surface area contributed by atoms with Crippen LogP contribution in [0.25, 0.3) is 0 Å². The molecule has 33 heavy (non-hydrogen) atoms. The highest BCUT2D eigenvalue weighted by Crippen LogP contribution is 2.40. The second-order valence-corrected chi connectivity index (χ2v) is 11.8. The van der Waals surface area contributed by atoms with E-state index in [1.165, 1.54) is 0 Å². The summed E-state index contributed by atoms with van der Waals surface area (Å²) in [5, 5.41) is 27.6. The maximum absolute atomic E-state index is 13.1. The molecule has 0 spiro atoms. The summed E-state index contributed by atoms with van der Waals surface area (Å²) in [6, 6.07) is 4.11. The number of aliphatic hydroxyl groups excluding tert-OH is 1. The van der Waals surface area contributed by atoms with E-state index in [1.54, 1.807) is 25.1 Å². The fourth-order valence-corrected chi connectivity index (χ4v) is 6.39. The lowest BCUT2D eigenvalue weighted by Gasteiger charge is -2.43. The summed E-state index contributed by atoms with van der Waals surface area (Å²) in [5.41, 5.74) is 0.589. The van der Waals surface area contributed by atoms with E-state index in [9.17, 15) is 19.8 Å². The van der Waals surface area contributed by atoms with Crippen molar-refractivity contribution >= 4 is 23.6 Å². The van der Waals surface area contributed by atoms with Gasteiger partial charge in [-0.05, 0) is 70.8 Å². The number of hydrogen-bond acceptors (Lipinski definition) is 6. The van der Waals surface area contributed by atoms with Gasteiger partial charge >= 0.3 is 0 Å². The Hall–Kier alpha value is -1.77. The molecule has 4 N–H and O–H groups in total. The quantitative estimate of drug-likeness (QED) is 0.482. The van der Waals surface area contributed by atoms with Gasteiger partial charge in [-0.2, -0.15) is 11.8 Å². The average molecular weight is 478 g/mol. The molecule has 2 saturated heterocycles. The summed E-state index contributed by atoms with van der Waals surface area (Å²) in [7, 11) is 0. The minimum Gasteiger partial charge on any atom is -0.508 e. The molecular formula is C25H39N3O4S. The average Bonchev–Trinajstić information content (AvgIpc) is 3.19. The van der Waals surface area contributed by atoms with Crippen LogP contribution in [0.3, 0.4) is 0 Å². The molecule has 0 aliphatic carbocycles. The molecule has 2 heterocycles. The number of rotatable bonds is 7. The van der Waals surface area contributed by atoms with Gasteiger partial charge in [0.1, 0.15) is 5.75 Å². The number of aromatic hydroxyl groups is 1. The molecule has 5 atom stereocenters. The molecule has 0 saturated carbocycles. The van der Waals surface area contributed by atoms with Crippen LogP contribution in [0.2, 0.25) is 0 Å². The van der Waals surface area contributed by atoms with Crippen molar-refractivity contribution in [2.75, 3.05) is 18.8 Å². The van der Waals surface area contributed by atoms with Crippen molar-refractivity contribution in [3.63, 3.8) is 0 Å². The topological polar surface area (TPSA) is 102 Å². The van der Waals surface area contributed by atoms with Crippen molar-refractivity contribution in [1.82, 2.24) is 15.5 Å². The first-order valence-electron chi connectivity index (χ1n) is 11.9. The van der Waals surface area contributed by atoms with Crippen molar-refractivity contribution in [3.05, 3.63) is 29.3 Å². The number of benzene rings is 1. The lowest BCUT2D eigenvalue weighted by atomic mass is 9.89. The van der Waals surface area contributed by atoms with Crippen LogP contribution in [0.1, 0.15) is 62.9 Å². The summed E-state index contributed by atoms with van der Waals surface area (Å²) in [6.07, 6.45) is 1.67. The highest BCUT2D eigenvalue weighted by Gasteiger charge is 2.43. The number of nitrogens with zero attached hydrogens (tertiary/aromatic N) is 1. The molecule has 2 aliphatic rings. The molecule has 0 aromatic heterocycles. The van der Waals surface area contributed by atoms with E-state index in [-0.39, 0.29) is 29.1 Å². The maximum Gasteiger partial charge on any atom is 0.251 e. The standard InChI is InChI=1S/C25H39N3O4S/c1-6-18(26-23(31)17-8-7-9-20(29)15(17)2)21(30)14-28-13-16-10-11-33-22(16)12-19(28)24(32)27-25(3,4)5/h7-9,16,18-19,21-22,29-30H,6,10-14H2,1-5H3,(H,26,31)(H,27,32)/t16-,18?,19+,21?,22?/m1/s1. The normalized spacial score (nSPS) is 25.2. The van der Waals surface area contributed by atoms with Gasteiger partial charge in [0.25, 0.3) is 5.91 Å². The fraction of sp³-hybridized carbons (Fsp3) is 0.680. The molecule has 2 aliphatic heterocycles. The Bertz CT molecular complexity index is 857. The molecule has 0 radical (unpaired) electrons. The van der Waals surface area contributed by atoms with Gasteiger partial charge in [0.15, 0.2) is 0 Å².